The van der Waals surface area contributed by atoms with Crippen LogP contribution in [0, 0.1) is 0 Å². The molecule has 0 N–H and O–H groups in total. The van der Waals surface area contributed by atoms with Crippen LogP contribution in [0.25, 0.3) is 171 Å². The Labute approximate surface area is 468 Å². The highest BCUT2D eigenvalue weighted by Crippen LogP contribution is 2.53. The molecule has 0 saturated heterocycles. The molecule has 81 heavy (non-hydrogen) atoms. The normalized spacial score (nSPS) is 13.3. The third kappa shape index (κ3) is 5.61. The second-order valence-corrected chi connectivity index (χ2v) is 24.3. The van der Waals surface area contributed by atoms with Crippen molar-refractivity contribution in [1.29, 1.82) is 0 Å². The highest BCUT2D eigenvalue weighted by atomic mass is 32.2. The summed E-state index contributed by atoms with van der Waals surface area (Å²) in [5.74, 6) is 0. The highest BCUT2D eigenvalue weighted by Gasteiger charge is 2.38. The van der Waals surface area contributed by atoms with E-state index in [0.717, 1.165) is 105 Å². The van der Waals surface area contributed by atoms with E-state index >= 15 is 0 Å². The number of hydrogen-bond donors (Lipinski definition) is 0. The van der Waals surface area contributed by atoms with Gasteiger partial charge in [0.2, 0.25) is 0 Å². The summed E-state index contributed by atoms with van der Waals surface area (Å²) in [4.78, 5) is 2.50. The Morgan fingerprint density at radius 2 is 0.617 bits per heavy atom. The van der Waals surface area contributed by atoms with Crippen LogP contribution in [0.4, 0.5) is 0 Å². The molecule has 18 aromatic rings. The van der Waals surface area contributed by atoms with Crippen molar-refractivity contribution < 1.29 is 13.3 Å². The summed E-state index contributed by atoms with van der Waals surface area (Å²) in [6.45, 7) is 0. The van der Waals surface area contributed by atoms with Gasteiger partial charge in [0.15, 0.2) is 0 Å². The van der Waals surface area contributed by atoms with Crippen LogP contribution in [-0.4, -0.2) is 19.0 Å². The number of benzene rings is 12. The van der Waals surface area contributed by atoms with Crippen LogP contribution in [0.5, 0.6) is 0 Å². The molecule has 0 spiro atoms. The molecule has 8 heterocycles. The van der Waals surface area contributed by atoms with Crippen molar-refractivity contribution in [2.45, 2.75) is 9.79 Å². The topological polar surface area (TPSA) is 54.2 Å². The summed E-state index contributed by atoms with van der Waals surface area (Å²) in [5.41, 5.74) is 22.0. The van der Waals surface area contributed by atoms with E-state index in [0.29, 0.717) is 0 Å². The van der Waals surface area contributed by atoms with Gasteiger partial charge in [0.05, 0.1) is 49.3 Å². The third-order valence-corrected chi connectivity index (χ3v) is 20.3. The lowest BCUT2D eigenvalue weighted by molar-refractivity contribution is 0.669. The lowest BCUT2D eigenvalue weighted by atomic mass is 9.77. The van der Waals surface area contributed by atoms with Crippen LogP contribution in [0.3, 0.4) is 0 Å². The summed E-state index contributed by atoms with van der Waals surface area (Å²) in [7, 11) is 0. The molecule has 6 nitrogen and oxygen atoms in total. The molecular formula is C72H38BN3O3S2. The monoisotopic (exact) mass is 1070 g/mol. The largest absolute Gasteiger partial charge is 0.456 e. The third-order valence-electron chi connectivity index (χ3n) is 17.7. The Hall–Kier alpha value is -9.80. The molecule has 0 atom stereocenters. The average molecular weight is 1070 g/mol. The number of nitrogens with zero attached hydrogens (tertiary/aromatic N) is 3. The summed E-state index contributed by atoms with van der Waals surface area (Å²) >= 11 is 3.95. The van der Waals surface area contributed by atoms with Gasteiger partial charge in [-0.1, -0.05) is 121 Å². The quantitative estimate of drug-likeness (QED) is 0.165. The Kier molecular flexibility index (Phi) is 8.26. The van der Waals surface area contributed by atoms with Crippen molar-refractivity contribution in [2.75, 3.05) is 0 Å². The van der Waals surface area contributed by atoms with Gasteiger partial charge in [0.25, 0.3) is 0 Å². The van der Waals surface area contributed by atoms with E-state index in [2.05, 4.69) is 244 Å². The molecule has 0 amide bonds. The standard InChI is InChI=1S/C72H38BN3O3S2/c1-7-19-55-42(13-1)47-29-32-61-66(50-16-4-10-22-58(50)77-61)70(47)74(55)39-25-27-45-53-35-41(76-57-21-9-3-15-44(57)49-31-34-63-68(72(49)76)52-18-6-12-24-60(52)79-63)36-54-46-28-26-40(38-65(46)81-73(69(53)54)80-64(45)37-39)75-56-20-8-2-14-43(56)48-30-33-62-67(71(48)75)51-17-5-11-23-59(51)78-62/h1-38H. The van der Waals surface area contributed by atoms with Gasteiger partial charge in [-0.15, -0.1) is 0 Å². The molecular weight excluding hydrogens is 1030 g/mol. The number of rotatable bonds is 3. The number of furan rings is 3. The van der Waals surface area contributed by atoms with E-state index in [4.69, 9.17) is 13.3 Å². The molecule has 6 aromatic heterocycles. The maximum absolute atomic E-state index is 6.64. The smallest absolute Gasteiger partial charge is 0.318 e. The summed E-state index contributed by atoms with van der Waals surface area (Å²) < 4.78 is 27.2. The maximum Gasteiger partial charge on any atom is 0.318 e. The minimum absolute atomic E-state index is 0.0579. The summed E-state index contributed by atoms with van der Waals surface area (Å²) in [6.07, 6.45) is 0. The van der Waals surface area contributed by atoms with Crippen molar-refractivity contribution in [1.82, 2.24) is 13.7 Å². The van der Waals surface area contributed by atoms with Gasteiger partial charge in [-0.25, -0.2) is 0 Å². The van der Waals surface area contributed by atoms with Gasteiger partial charge in [-0.2, -0.15) is 23.2 Å². The van der Waals surface area contributed by atoms with E-state index in [1.54, 1.807) is 0 Å². The zero-order chi connectivity index (χ0) is 52.3. The van der Waals surface area contributed by atoms with E-state index in [1.165, 1.54) is 80.9 Å². The van der Waals surface area contributed by atoms with Gasteiger partial charge in [-0.05, 0) is 137 Å². The van der Waals surface area contributed by atoms with Crippen molar-refractivity contribution in [3.63, 3.8) is 0 Å². The van der Waals surface area contributed by atoms with Crippen LogP contribution in [-0.2, 0) is 0 Å². The first kappa shape index (κ1) is 43.1. The van der Waals surface area contributed by atoms with Crippen LogP contribution in [0.15, 0.2) is 254 Å². The zero-order valence-electron chi connectivity index (χ0n) is 42.9. The minimum atomic E-state index is 0.0579. The second-order valence-electron chi connectivity index (χ2n) is 21.7. The number of hydrogen-bond acceptors (Lipinski definition) is 5. The maximum atomic E-state index is 6.64. The fraction of sp³-hybridized carbons (Fsp3) is 0. The van der Waals surface area contributed by atoms with Crippen molar-refractivity contribution in [2.24, 2.45) is 0 Å². The van der Waals surface area contributed by atoms with Gasteiger partial charge in [0.1, 0.15) is 33.5 Å². The van der Waals surface area contributed by atoms with E-state index in [9.17, 15) is 0 Å². The minimum Gasteiger partial charge on any atom is -0.456 e. The van der Waals surface area contributed by atoms with Gasteiger partial charge >= 0.3 is 5.27 Å². The Morgan fingerprint density at radius 3 is 1.01 bits per heavy atom. The molecule has 9 heteroatoms. The predicted octanol–water partition coefficient (Wildman–Crippen LogP) is 19.9. The fourth-order valence-corrected chi connectivity index (χ4v) is 17.4. The number of fused-ring (bicyclic) bond motifs is 25. The first-order valence-electron chi connectivity index (χ1n) is 27.5. The van der Waals surface area contributed by atoms with E-state index in [-0.39, 0.29) is 5.27 Å². The van der Waals surface area contributed by atoms with Crippen LogP contribution in [0.2, 0.25) is 0 Å². The number of aromatic nitrogens is 3. The molecule has 374 valence electrons. The summed E-state index contributed by atoms with van der Waals surface area (Å²) in [6, 6.07) is 84.4. The second kappa shape index (κ2) is 15.5. The molecule has 0 unspecified atom stereocenters. The first-order chi connectivity index (χ1) is 40.2. The molecule has 0 aliphatic carbocycles. The van der Waals surface area contributed by atoms with E-state index < -0.39 is 0 Å². The lowest BCUT2D eigenvalue weighted by Gasteiger charge is -2.33. The molecule has 20 rings (SSSR count). The number of para-hydroxylation sites is 6. The lowest BCUT2D eigenvalue weighted by Crippen LogP contribution is -2.34. The molecule has 2 aliphatic heterocycles. The van der Waals surface area contributed by atoms with Gasteiger partial charge in [-0.3, -0.25) is 0 Å². The average Bonchev–Trinajstić information content (AvgIpc) is 3.85. The first-order valence-corrected chi connectivity index (χ1v) is 29.2. The molecule has 0 fully saturated rings. The zero-order valence-corrected chi connectivity index (χ0v) is 44.5. The Morgan fingerprint density at radius 1 is 0.272 bits per heavy atom. The van der Waals surface area contributed by atoms with Crippen molar-refractivity contribution in [3.05, 3.63) is 231 Å². The molecule has 2 aliphatic rings. The predicted molar refractivity (Wildman–Crippen MR) is 339 cm³/mol. The van der Waals surface area contributed by atoms with Crippen molar-refractivity contribution >= 4 is 165 Å². The van der Waals surface area contributed by atoms with E-state index in [1.807, 2.05) is 23.2 Å². The molecule has 0 radical (unpaired) electrons. The molecule has 0 saturated carbocycles. The van der Waals surface area contributed by atoms with Gasteiger partial charge in [0, 0.05) is 75.3 Å². The highest BCUT2D eigenvalue weighted by molar-refractivity contribution is 8.56. The Balaban J connectivity index is 0.863. The fourth-order valence-electron chi connectivity index (χ4n) is 14.4. The molecule has 0 bridgehead atoms. The van der Waals surface area contributed by atoms with Gasteiger partial charge < -0.3 is 27.0 Å². The van der Waals surface area contributed by atoms with Crippen LogP contribution < -0.4 is 5.46 Å². The van der Waals surface area contributed by atoms with Crippen LogP contribution >= 0.6 is 23.2 Å². The van der Waals surface area contributed by atoms with Crippen molar-refractivity contribution in [3.8, 4) is 39.3 Å². The Bertz CT molecular complexity index is 5630. The SMILES string of the molecule is c1ccc2c(c1)oc1ccc3c4ccccc4n(-c4ccc5c(c4)SB4Sc6cc(-n7c8ccccc8c8ccc9oc%10ccccc%10c9c87)ccc6-c6cc(-n7c8ccccc8c8ccc9oc%10ccccc%10c9c87)cc-5c64)c3c12. The summed E-state index contributed by atoms with van der Waals surface area (Å²) in [5, 5.41) is 14.1. The van der Waals surface area contributed by atoms with Crippen LogP contribution in [0.1, 0.15) is 0 Å². The molecule has 12 aromatic carbocycles.